The molecule has 0 bridgehead atoms. The fourth-order valence-corrected chi connectivity index (χ4v) is 3.62. The van der Waals surface area contributed by atoms with E-state index < -0.39 is 0 Å². The minimum absolute atomic E-state index is 0. The van der Waals surface area contributed by atoms with Gasteiger partial charge in [-0.15, -0.1) is 35.1 Å². The van der Waals surface area contributed by atoms with Gasteiger partial charge < -0.3 is 10.6 Å². The van der Waals surface area contributed by atoms with Gasteiger partial charge in [-0.2, -0.15) is 0 Å². The third-order valence-corrected chi connectivity index (χ3v) is 5.22. The molecule has 1 atom stereocenters. The molecule has 0 aliphatic carbocycles. The third kappa shape index (κ3) is 4.53. The first-order valence-electron chi connectivity index (χ1n) is 5.77. The summed E-state index contributed by atoms with van der Waals surface area (Å²) in [6.45, 7) is 2.60. The Morgan fingerprint density at radius 3 is 2.85 bits per heavy atom. The summed E-state index contributed by atoms with van der Waals surface area (Å²) < 4.78 is 1.06. The molecule has 2 N–H and O–H groups in total. The summed E-state index contributed by atoms with van der Waals surface area (Å²) in [7, 11) is 1.87. The van der Waals surface area contributed by atoms with Gasteiger partial charge >= 0.3 is 0 Å². The number of hydrogen-bond donors (Lipinski definition) is 2. The molecule has 2 aromatic rings. The molecule has 1 amide bonds. The van der Waals surface area contributed by atoms with Gasteiger partial charge in [0.05, 0.1) is 8.66 Å². The van der Waals surface area contributed by atoms with Gasteiger partial charge in [0.1, 0.15) is 10.7 Å². The number of nitrogens with one attached hydrogen (secondary N) is 2. The Labute approximate surface area is 140 Å². The van der Waals surface area contributed by atoms with Crippen molar-refractivity contribution in [1.29, 1.82) is 0 Å². The van der Waals surface area contributed by atoms with Crippen LogP contribution in [0.15, 0.2) is 21.3 Å². The number of carbonyl (C=O) groups is 1. The summed E-state index contributed by atoms with van der Waals surface area (Å²) in [5, 5.41) is 8.60. The highest BCUT2D eigenvalue weighted by molar-refractivity contribution is 9.11. The van der Waals surface area contributed by atoms with E-state index in [0.29, 0.717) is 12.2 Å². The van der Waals surface area contributed by atoms with E-state index in [4.69, 9.17) is 0 Å². The Kier molecular flexibility index (Phi) is 7.11. The average molecular weight is 397 g/mol. The minimum Gasteiger partial charge on any atom is -0.349 e. The van der Waals surface area contributed by atoms with Gasteiger partial charge in [-0.1, -0.05) is 0 Å². The van der Waals surface area contributed by atoms with Crippen molar-refractivity contribution < 1.29 is 4.79 Å². The highest BCUT2D eigenvalue weighted by Crippen LogP contribution is 2.33. The molecule has 20 heavy (non-hydrogen) atoms. The van der Waals surface area contributed by atoms with E-state index in [2.05, 4.69) is 31.5 Å². The summed E-state index contributed by atoms with van der Waals surface area (Å²) in [5.41, 5.74) is 0.479. The Hall–Kier alpha value is -0.470. The zero-order valence-corrected chi connectivity index (χ0v) is 15.0. The largest absolute Gasteiger partial charge is 0.349 e. The molecule has 0 aliphatic rings. The fourth-order valence-electron chi connectivity index (χ4n) is 1.36. The maximum atomic E-state index is 11.9. The zero-order chi connectivity index (χ0) is 13.8. The van der Waals surface area contributed by atoms with Crippen molar-refractivity contribution in [2.24, 2.45) is 0 Å². The van der Waals surface area contributed by atoms with Crippen molar-refractivity contribution in [2.45, 2.75) is 13.0 Å². The topological polar surface area (TPSA) is 54.0 Å². The van der Waals surface area contributed by atoms with Gasteiger partial charge in [0.15, 0.2) is 0 Å². The van der Waals surface area contributed by atoms with Crippen LogP contribution in [0, 0.1) is 0 Å². The van der Waals surface area contributed by atoms with Crippen LogP contribution in [0.3, 0.4) is 0 Å². The van der Waals surface area contributed by atoms with Crippen LogP contribution in [0.5, 0.6) is 0 Å². The van der Waals surface area contributed by atoms with E-state index >= 15 is 0 Å². The van der Waals surface area contributed by atoms with E-state index in [-0.39, 0.29) is 24.4 Å². The van der Waals surface area contributed by atoms with Crippen molar-refractivity contribution in [3.05, 3.63) is 27.0 Å². The van der Waals surface area contributed by atoms with Crippen LogP contribution in [0.1, 0.15) is 17.4 Å². The van der Waals surface area contributed by atoms with E-state index in [1.807, 2.05) is 26.1 Å². The number of halogens is 2. The number of amides is 1. The molecule has 2 aromatic heterocycles. The lowest BCUT2D eigenvalue weighted by Gasteiger charge is -2.10. The van der Waals surface area contributed by atoms with Crippen molar-refractivity contribution in [3.8, 4) is 9.88 Å². The van der Waals surface area contributed by atoms with Gasteiger partial charge in [-0.3, -0.25) is 4.79 Å². The average Bonchev–Trinajstić information content (AvgIpc) is 3.03. The number of thiophene rings is 1. The number of nitrogens with zero attached hydrogens (tertiary/aromatic N) is 1. The van der Waals surface area contributed by atoms with Gasteiger partial charge in [-0.05, 0) is 42.0 Å². The Morgan fingerprint density at radius 1 is 1.50 bits per heavy atom. The molecular weight excluding hydrogens is 382 g/mol. The van der Waals surface area contributed by atoms with Crippen LogP contribution in [-0.4, -0.2) is 30.5 Å². The SMILES string of the molecule is CNC(C)CNC(=O)c1csc(-c2ccc(Br)s2)n1.Cl. The number of aromatic nitrogens is 1. The highest BCUT2D eigenvalue weighted by atomic mass is 79.9. The first-order chi connectivity index (χ1) is 9.10. The Morgan fingerprint density at radius 2 is 2.25 bits per heavy atom. The zero-order valence-electron chi connectivity index (χ0n) is 11.0. The van der Waals surface area contributed by atoms with E-state index in [1.54, 1.807) is 16.7 Å². The molecule has 0 saturated heterocycles. The van der Waals surface area contributed by atoms with Gasteiger partial charge in [0.2, 0.25) is 0 Å². The predicted octanol–water partition coefficient (Wildman–Crippen LogP) is 3.39. The highest BCUT2D eigenvalue weighted by Gasteiger charge is 2.13. The second kappa shape index (κ2) is 8.09. The summed E-state index contributed by atoms with van der Waals surface area (Å²) >= 11 is 6.52. The minimum atomic E-state index is -0.125. The monoisotopic (exact) mass is 395 g/mol. The molecule has 8 heteroatoms. The van der Waals surface area contributed by atoms with Crippen LogP contribution in [0.2, 0.25) is 0 Å². The second-order valence-corrected chi connectivity index (χ2v) is 7.36. The molecule has 0 aliphatic heterocycles. The van der Waals surface area contributed by atoms with Crippen molar-refractivity contribution in [1.82, 2.24) is 15.6 Å². The standard InChI is InChI=1S/C12H14BrN3OS2.ClH/c1-7(14-2)5-15-11(17)8-6-18-12(16-8)9-3-4-10(13)19-9;/h3-4,6-7,14H,5H2,1-2H3,(H,15,17);1H. The number of carbonyl (C=O) groups excluding carboxylic acids is 1. The molecule has 2 heterocycles. The summed E-state index contributed by atoms with van der Waals surface area (Å²) in [6.07, 6.45) is 0. The number of thiazole rings is 1. The van der Waals surface area contributed by atoms with Crippen molar-refractivity contribution in [3.63, 3.8) is 0 Å². The summed E-state index contributed by atoms with van der Waals surface area (Å²) in [5.74, 6) is -0.125. The maximum absolute atomic E-state index is 11.9. The molecule has 4 nitrogen and oxygen atoms in total. The predicted molar refractivity (Wildman–Crippen MR) is 91.2 cm³/mol. The van der Waals surface area contributed by atoms with Gasteiger partial charge in [0.25, 0.3) is 5.91 Å². The molecule has 0 spiro atoms. The lowest BCUT2D eigenvalue weighted by Crippen LogP contribution is -2.37. The lowest BCUT2D eigenvalue weighted by molar-refractivity contribution is 0.0946. The quantitative estimate of drug-likeness (QED) is 0.814. The summed E-state index contributed by atoms with van der Waals surface area (Å²) in [4.78, 5) is 17.4. The normalized spacial score (nSPS) is 11.8. The molecule has 0 saturated carbocycles. The second-order valence-electron chi connectivity index (χ2n) is 4.04. The van der Waals surface area contributed by atoms with Gasteiger partial charge in [0, 0.05) is 18.0 Å². The van der Waals surface area contributed by atoms with Gasteiger partial charge in [-0.25, -0.2) is 4.98 Å². The van der Waals surface area contributed by atoms with Crippen LogP contribution in [0.4, 0.5) is 0 Å². The molecule has 0 aromatic carbocycles. The Balaban J connectivity index is 0.00000200. The van der Waals surface area contributed by atoms with E-state index in [1.165, 1.54) is 11.3 Å². The first kappa shape index (κ1) is 17.6. The Bertz CT molecular complexity index is 573. The maximum Gasteiger partial charge on any atom is 0.270 e. The fraction of sp³-hybridized carbons (Fsp3) is 0.333. The molecule has 1 unspecified atom stereocenters. The van der Waals surface area contributed by atoms with E-state index in [9.17, 15) is 4.79 Å². The first-order valence-corrected chi connectivity index (χ1v) is 8.25. The van der Waals surface area contributed by atoms with Crippen molar-refractivity contribution in [2.75, 3.05) is 13.6 Å². The molecule has 2 rings (SSSR count). The molecule has 0 fully saturated rings. The third-order valence-electron chi connectivity index (χ3n) is 2.58. The van der Waals surface area contributed by atoms with Crippen LogP contribution >= 0.6 is 51.0 Å². The number of rotatable bonds is 5. The van der Waals surface area contributed by atoms with Crippen LogP contribution in [-0.2, 0) is 0 Å². The number of hydrogen-bond acceptors (Lipinski definition) is 5. The van der Waals surface area contributed by atoms with Crippen LogP contribution in [0.25, 0.3) is 9.88 Å². The van der Waals surface area contributed by atoms with Crippen molar-refractivity contribution >= 4 is 56.9 Å². The van der Waals surface area contributed by atoms with E-state index in [0.717, 1.165) is 13.7 Å². The van der Waals surface area contributed by atoms with Crippen LogP contribution < -0.4 is 10.6 Å². The summed E-state index contributed by atoms with van der Waals surface area (Å²) in [6, 6.07) is 4.23. The number of likely N-dealkylation sites (N-methyl/N-ethyl adjacent to an activating group) is 1. The smallest absolute Gasteiger partial charge is 0.270 e. The lowest BCUT2D eigenvalue weighted by atomic mass is 10.3. The molecule has 0 radical (unpaired) electrons. The molecular formula is C12H15BrClN3OS2. The molecule has 110 valence electrons.